The summed E-state index contributed by atoms with van der Waals surface area (Å²) < 4.78 is 5.91. The van der Waals surface area contributed by atoms with Gasteiger partial charge in [0.25, 0.3) is 0 Å². The monoisotopic (exact) mass is 587 g/mol. The van der Waals surface area contributed by atoms with Gasteiger partial charge in [-0.15, -0.1) is 24.8 Å². The molecule has 0 radical (unpaired) electrons. The normalized spacial score (nSPS) is 29.9. The summed E-state index contributed by atoms with van der Waals surface area (Å²) in [6, 6.07) is 0. The molecule has 39 heavy (non-hydrogen) atoms. The van der Waals surface area contributed by atoms with E-state index in [1.807, 2.05) is 32.6 Å². The van der Waals surface area contributed by atoms with E-state index >= 15 is 0 Å². The first kappa shape index (κ1) is 34.4. The molecule has 6 atom stereocenters. The largest absolute Gasteiger partial charge is 0.462 e. The molecule has 6 nitrogen and oxygen atoms in total. The molecular weight excluding hydrogens is 533 g/mol. The number of hydrogen-bond donors (Lipinski definition) is 2. The minimum Gasteiger partial charge on any atom is -0.462 e. The van der Waals surface area contributed by atoms with Gasteiger partial charge in [0.15, 0.2) is 0 Å². The number of esters is 1. The Morgan fingerprint density at radius 2 is 1.54 bits per heavy atom. The molecule has 1 amide bonds. The second-order valence-electron chi connectivity index (χ2n) is 14.1. The van der Waals surface area contributed by atoms with Crippen LogP contribution in [0.4, 0.5) is 0 Å². The minimum absolute atomic E-state index is 0. The minimum atomic E-state index is -0.348. The highest BCUT2D eigenvalue weighted by molar-refractivity contribution is 5.85. The molecule has 0 aromatic heterocycles. The Morgan fingerprint density at radius 1 is 0.872 bits per heavy atom. The van der Waals surface area contributed by atoms with Crippen molar-refractivity contribution in [3.8, 4) is 0 Å². The van der Waals surface area contributed by atoms with Gasteiger partial charge in [-0.1, -0.05) is 24.5 Å². The van der Waals surface area contributed by atoms with Crippen LogP contribution in [0, 0.1) is 29.6 Å². The van der Waals surface area contributed by atoms with Crippen LogP contribution in [0.5, 0.6) is 0 Å². The zero-order valence-corrected chi connectivity index (χ0v) is 26.4. The molecule has 226 valence electrons. The van der Waals surface area contributed by atoms with Gasteiger partial charge in [-0.05, 0) is 109 Å². The maximum absolute atomic E-state index is 13.0. The first-order valence-electron chi connectivity index (χ1n) is 15.1. The lowest BCUT2D eigenvalue weighted by atomic mass is 9.57. The smallest absolute Gasteiger partial charge is 0.306 e. The summed E-state index contributed by atoms with van der Waals surface area (Å²) in [4.78, 5) is 27.6. The van der Waals surface area contributed by atoms with Crippen LogP contribution in [0.3, 0.4) is 0 Å². The molecule has 0 saturated heterocycles. The quantitative estimate of drug-likeness (QED) is 0.235. The van der Waals surface area contributed by atoms with Crippen molar-refractivity contribution in [1.82, 2.24) is 4.90 Å². The average molecular weight is 589 g/mol. The van der Waals surface area contributed by atoms with Crippen LogP contribution < -0.4 is 11.5 Å². The highest BCUT2D eigenvalue weighted by Gasteiger charge is 2.47. The van der Waals surface area contributed by atoms with Crippen LogP contribution in [0.15, 0.2) is 11.6 Å². The SMILES string of the molecule is CC(C)(N)CCN(CCC(C)(C)N)C(=O)CCC(=O)OC1CCC2C(=CCC3C4CCCC4CCC23)C1.Cl.Cl. The molecule has 0 aromatic carbocycles. The molecule has 4 aliphatic carbocycles. The van der Waals surface area contributed by atoms with Crippen molar-refractivity contribution < 1.29 is 14.3 Å². The van der Waals surface area contributed by atoms with E-state index in [-0.39, 0.29) is 66.7 Å². The van der Waals surface area contributed by atoms with E-state index in [2.05, 4.69) is 6.08 Å². The van der Waals surface area contributed by atoms with Crippen molar-refractivity contribution in [3.63, 3.8) is 0 Å². The van der Waals surface area contributed by atoms with Crippen LogP contribution in [0.25, 0.3) is 0 Å². The molecule has 0 spiro atoms. The Bertz CT molecular complexity index is 833. The van der Waals surface area contributed by atoms with Gasteiger partial charge in [-0.2, -0.15) is 0 Å². The molecule has 0 heterocycles. The highest BCUT2D eigenvalue weighted by Crippen LogP contribution is 2.56. The Labute approximate surface area is 249 Å². The number of carbonyl (C=O) groups excluding carboxylic acids is 2. The second-order valence-corrected chi connectivity index (χ2v) is 14.1. The second kappa shape index (κ2) is 14.4. The standard InChI is InChI=1S/C31H53N3O3.2ClH/c1-30(2,32)16-18-34(19-17-31(3,4)33)28(35)14-15-29(36)37-23-10-13-25-22(20-23)9-12-26-24-7-5-6-21(24)8-11-27(25)26;;/h9,21,23-27H,5-8,10-20,32-33H2,1-4H3;2*1H. The molecule has 0 bridgehead atoms. The molecule has 0 aromatic rings. The molecular formula is C31H55Cl2N3O3. The summed E-state index contributed by atoms with van der Waals surface area (Å²) in [5.41, 5.74) is 13.2. The van der Waals surface area contributed by atoms with Crippen molar-refractivity contribution in [1.29, 1.82) is 0 Å². The third-order valence-corrected chi connectivity index (χ3v) is 9.84. The number of amides is 1. The number of halogens is 2. The third kappa shape index (κ3) is 9.61. The van der Waals surface area contributed by atoms with E-state index < -0.39 is 0 Å². The van der Waals surface area contributed by atoms with E-state index in [1.54, 1.807) is 5.57 Å². The van der Waals surface area contributed by atoms with Gasteiger partial charge < -0.3 is 21.1 Å². The fourth-order valence-electron chi connectivity index (χ4n) is 7.77. The predicted octanol–water partition coefficient (Wildman–Crippen LogP) is 6.18. The van der Waals surface area contributed by atoms with E-state index in [4.69, 9.17) is 16.2 Å². The number of allylic oxidation sites excluding steroid dienone is 1. The van der Waals surface area contributed by atoms with Crippen LogP contribution >= 0.6 is 24.8 Å². The van der Waals surface area contributed by atoms with Gasteiger partial charge >= 0.3 is 5.97 Å². The number of nitrogens with zero attached hydrogens (tertiary/aromatic N) is 1. The van der Waals surface area contributed by atoms with Crippen LogP contribution in [0.1, 0.15) is 111 Å². The fourth-order valence-corrected chi connectivity index (χ4v) is 7.77. The summed E-state index contributed by atoms with van der Waals surface area (Å²) in [6.07, 6.45) is 15.6. The summed E-state index contributed by atoms with van der Waals surface area (Å²) in [7, 11) is 0. The van der Waals surface area contributed by atoms with Gasteiger partial charge in [-0.3, -0.25) is 9.59 Å². The lowest BCUT2D eigenvalue weighted by Gasteiger charge is -2.49. The first-order valence-corrected chi connectivity index (χ1v) is 15.1. The Kier molecular flexibility index (Phi) is 12.7. The van der Waals surface area contributed by atoms with Crippen LogP contribution in [-0.2, 0) is 14.3 Å². The van der Waals surface area contributed by atoms with E-state index in [1.165, 1.54) is 38.5 Å². The van der Waals surface area contributed by atoms with Crippen LogP contribution in [0.2, 0.25) is 0 Å². The molecule has 8 heteroatoms. The number of fused-ring (bicyclic) bond motifs is 5. The van der Waals surface area contributed by atoms with Crippen molar-refractivity contribution in [2.75, 3.05) is 13.1 Å². The Morgan fingerprint density at radius 3 is 2.18 bits per heavy atom. The van der Waals surface area contributed by atoms with E-state index in [9.17, 15) is 9.59 Å². The predicted molar refractivity (Wildman–Crippen MR) is 163 cm³/mol. The maximum atomic E-state index is 13.0. The van der Waals surface area contributed by atoms with Gasteiger partial charge in [0.2, 0.25) is 5.91 Å². The molecule has 4 rings (SSSR count). The number of carbonyl (C=O) groups is 2. The molecule has 3 fully saturated rings. The van der Waals surface area contributed by atoms with Crippen molar-refractivity contribution >= 4 is 36.7 Å². The summed E-state index contributed by atoms with van der Waals surface area (Å²) in [6.45, 7) is 9.03. The van der Waals surface area contributed by atoms with Gasteiger partial charge in [0.05, 0.1) is 6.42 Å². The molecule has 4 N–H and O–H groups in total. The maximum Gasteiger partial charge on any atom is 0.306 e. The lowest BCUT2D eigenvalue weighted by molar-refractivity contribution is -0.152. The first-order chi connectivity index (χ1) is 17.4. The number of hydrogen-bond acceptors (Lipinski definition) is 5. The zero-order chi connectivity index (χ0) is 26.8. The molecule has 4 aliphatic rings. The highest BCUT2D eigenvalue weighted by atomic mass is 35.5. The summed E-state index contributed by atoms with van der Waals surface area (Å²) >= 11 is 0. The van der Waals surface area contributed by atoms with E-state index in [0.29, 0.717) is 31.8 Å². The Balaban J connectivity index is 0.00000267. The number of nitrogens with two attached hydrogens (primary N) is 2. The van der Waals surface area contributed by atoms with Gasteiger partial charge in [0, 0.05) is 37.0 Å². The van der Waals surface area contributed by atoms with Crippen molar-refractivity contribution in [2.24, 2.45) is 41.1 Å². The van der Waals surface area contributed by atoms with E-state index in [0.717, 1.165) is 42.9 Å². The molecule has 0 aliphatic heterocycles. The van der Waals surface area contributed by atoms with Gasteiger partial charge in [-0.25, -0.2) is 0 Å². The zero-order valence-electron chi connectivity index (χ0n) is 24.8. The van der Waals surface area contributed by atoms with Crippen molar-refractivity contribution in [3.05, 3.63) is 11.6 Å². The number of ether oxygens (including phenoxy) is 1. The lowest BCUT2D eigenvalue weighted by Crippen LogP contribution is -2.43. The van der Waals surface area contributed by atoms with Crippen molar-refractivity contribution in [2.45, 2.75) is 128 Å². The molecule has 3 saturated carbocycles. The summed E-state index contributed by atoms with van der Waals surface area (Å²) in [5, 5.41) is 0. The average Bonchev–Trinajstić information content (AvgIpc) is 3.30. The van der Waals surface area contributed by atoms with Crippen LogP contribution in [-0.4, -0.2) is 47.0 Å². The fraction of sp³-hybridized carbons (Fsp3) is 0.871. The third-order valence-electron chi connectivity index (χ3n) is 9.84. The van der Waals surface area contributed by atoms with Gasteiger partial charge in [0.1, 0.15) is 6.10 Å². The number of rotatable bonds is 10. The topological polar surface area (TPSA) is 98.6 Å². The summed E-state index contributed by atoms with van der Waals surface area (Å²) in [5.74, 6) is 4.18. The Hall–Kier alpha value is -0.820. The molecule has 6 unspecified atom stereocenters.